The summed E-state index contributed by atoms with van der Waals surface area (Å²) in [4.78, 5) is 36.2. The van der Waals surface area contributed by atoms with Crippen molar-refractivity contribution in [2.45, 2.75) is 19.4 Å². The number of nitrogens with zero attached hydrogens (tertiary/aromatic N) is 3. The van der Waals surface area contributed by atoms with Crippen molar-refractivity contribution in [3.05, 3.63) is 59.0 Å². The Kier molecular flexibility index (Phi) is 4.40. The van der Waals surface area contributed by atoms with Crippen LogP contribution in [-0.2, 0) is 29.0 Å². The highest BCUT2D eigenvalue weighted by Crippen LogP contribution is 2.24. The summed E-state index contributed by atoms with van der Waals surface area (Å²) in [7, 11) is 0. The first-order valence-electron chi connectivity index (χ1n) is 8.06. The summed E-state index contributed by atoms with van der Waals surface area (Å²) in [5, 5.41) is 8.29. The molecule has 3 heterocycles. The molecule has 0 fully saturated rings. The van der Waals surface area contributed by atoms with Gasteiger partial charge in [0.1, 0.15) is 10.7 Å². The molecular formula is C18H15N5O2S. The van der Waals surface area contributed by atoms with Crippen LogP contribution >= 0.6 is 11.3 Å². The monoisotopic (exact) mass is 365 g/mol. The Morgan fingerprint density at radius 3 is 3.08 bits per heavy atom. The van der Waals surface area contributed by atoms with Gasteiger partial charge in [-0.15, -0.1) is 11.3 Å². The number of amides is 2. The summed E-state index contributed by atoms with van der Waals surface area (Å²) >= 11 is 1.44. The second kappa shape index (κ2) is 7.01. The summed E-state index contributed by atoms with van der Waals surface area (Å²) in [5.74, 6) is -0.0978. The van der Waals surface area contributed by atoms with E-state index >= 15 is 0 Å². The van der Waals surface area contributed by atoms with Crippen molar-refractivity contribution >= 4 is 28.8 Å². The second-order valence-electron chi connectivity index (χ2n) is 5.90. The molecule has 0 bridgehead atoms. The second-order valence-corrected chi connectivity index (χ2v) is 6.76. The van der Waals surface area contributed by atoms with E-state index in [4.69, 9.17) is 0 Å². The Hall–Kier alpha value is -3.13. The third-order valence-electron chi connectivity index (χ3n) is 3.96. The van der Waals surface area contributed by atoms with Crippen LogP contribution in [0.25, 0.3) is 10.7 Å². The van der Waals surface area contributed by atoms with Crippen LogP contribution in [0.5, 0.6) is 0 Å². The summed E-state index contributed by atoms with van der Waals surface area (Å²) < 4.78 is 0. The maximum Gasteiger partial charge on any atom is 0.228 e. The van der Waals surface area contributed by atoms with Gasteiger partial charge in [0.2, 0.25) is 11.8 Å². The topological polar surface area (TPSA) is 96.9 Å². The van der Waals surface area contributed by atoms with Crippen LogP contribution in [-0.4, -0.2) is 26.8 Å². The summed E-state index contributed by atoms with van der Waals surface area (Å²) in [5.41, 5.74) is 4.19. The lowest BCUT2D eigenvalue weighted by molar-refractivity contribution is -0.120. The lowest BCUT2D eigenvalue weighted by Gasteiger charge is -2.06. The van der Waals surface area contributed by atoms with E-state index in [-0.39, 0.29) is 18.2 Å². The minimum atomic E-state index is -0.101. The molecule has 4 rings (SSSR count). The average molecular weight is 365 g/mol. The summed E-state index contributed by atoms with van der Waals surface area (Å²) in [6.07, 6.45) is 5.47. The molecule has 1 aliphatic rings. The van der Waals surface area contributed by atoms with Crippen LogP contribution in [0.2, 0.25) is 0 Å². The molecule has 0 spiro atoms. The van der Waals surface area contributed by atoms with Crippen LogP contribution in [0, 0.1) is 0 Å². The first kappa shape index (κ1) is 16.3. The van der Waals surface area contributed by atoms with Crippen molar-refractivity contribution in [1.29, 1.82) is 0 Å². The molecule has 2 aromatic heterocycles. The van der Waals surface area contributed by atoms with Crippen LogP contribution in [0.15, 0.2) is 42.2 Å². The van der Waals surface area contributed by atoms with Gasteiger partial charge >= 0.3 is 0 Å². The lowest BCUT2D eigenvalue weighted by Crippen LogP contribution is -2.24. The number of benzene rings is 1. The Morgan fingerprint density at radius 2 is 2.23 bits per heavy atom. The minimum Gasteiger partial charge on any atom is -0.352 e. The standard InChI is InChI=1S/C18H15N5O2S/c24-16(7-13-10-26-18(22-13)15-9-19-3-4-20-15)21-8-11-1-2-14-12(5-11)6-17(25)23-14/h1-5,9-10H,6-8H2,(H,21,24)(H,23,25). The third kappa shape index (κ3) is 3.60. The number of anilines is 1. The Bertz CT molecular complexity index is 971. The molecule has 26 heavy (non-hydrogen) atoms. The Balaban J connectivity index is 1.34. The first-order valence-corrected chi connectivity index (χ1v) is 8.94. The van der Waals surface area contributed by atoms with Crippen LogP contribution in [0.1, 0.15) is 16.8 Å². The van der Waals surface area contributed by atoms with Gasteiger partial charge in [0.25, 0.3) is 0 Å². The maximum atomic E-state index is 12.2. The van der Waals surface area contributed by atoms with Gasteiger partial charge in [-0.05, 0) is 17.2 Å². The fourth-order valence-electron chi connectivity index (χ4n) is 2.74. The number of hydrogen-bond acceptors (Lipinski definition) is 6. The predicted octanol–water partition coefficient (Wildman–Crippen LogP) is 1.95. The molecule has 130 valence electrons. The molecule has 0 saturated heterocycles. The molecule has 0 saturated carbocycles. The van der Waals surface area contributed by atoms with E-state index in [0.717, 1.165) is 21.8 Å². The number of carbonyl (C=O) groups is 2. The van der Waals surface area contributed by atoms with Gasteiger partial charge in [-0.1, -0.05) is 12.1 Å². The van der Waals surface area contributed by atoms with E-state index in [1.54, 1.807) is 18.6 Å². The predicted molar refractivity (Wildman–Crippen MR) is 97.5 cm³/mol. The number of thiazole rings is 1. The molecule has 2 amide bonds. The molecule has 0 radical (unpaired) electrons. The number of rotatable bonds is 5. The van der Waals surface area contributed by atoms with E-state index in [9.17, 15) is 9.59 Å². The summed E-state index contributed by atoms with van der Waals surface area (Å²) in [6, 6.07) is 5.72. The molecule has 2 N–H and O–H groups in total. The molecule has 8 heteroatoms. The number of aromatic nitrogens is 3. The van der Waals surface area contributed by atoms with Gasteiger partial charge in [-0.2, -0.15) is 0 Å². The van der Waals surface area contributed by atoms with Crippen molar-refractivity contribution in [3.8, 4) is 10.7 Å². The lowest BCUT2D eigenvalue weighted by atomic mass is 10.1. The molecule has 3 aromatic rings. The number of fused-ring (bicyclic) bond motifs is 1. The molecule has 1 aromatic carbocycles. The Morgan fingerprint density at radius 1 is 1.31 bits per heavy atom. The van der Waals surface area contributed by atoms with E-state index < -0.39 is 0 Å². The molecular weight excluding hydrogens is 350 g/mol. The molecule has 7 nitrogen and oxygen atoms in total. The smallest absolute Gasteiger partial charge is 0.228 e. The highest BCUT2D eigenvalue weighted by atomic mass is 32.1. The van der Waals surface area contributed by atoms with Gasteiger partial charge in [-0.3, -0.25) is 19.6 Å². The first-order chi connectivity index (χ1) is 12.7. The van der Waals surface area contributed by atoms with Gasteiger partial charge in [-0.25, -0.2) is 4.98 Å². The number of nitrogens with one attached hydrogen (secondary N) is 2. The number of hydrogen-bond donors (Lipinski definition) is 2. The zero-order valence-electron chi connectivity index (χ0n) is 13.7. The SMILES string of the molecule is O=C(Cc1csc(-c2cnccn2)n1)NCc1ccc2c(c1)CC(=O)N2. The number of carbonyl (C=O) groups excluding carboxylic acids is 2. The quantitative estimate of drug-likeness (QED) is 0.720. The molecule has 0 aliphatic carbocycles. The van der Waals surface area contributed by atoms with E-state index in [0.29, 0.717) is 24.4 Å². The van der Waals surface area contributed by atoms with Gasteiger partial charge < -0.3 is 10.6 Å². The average Bonchev–Trinajstić information content (AvgIpc) is 3.26. The van der Waals surface area contributed by atoms with Crippen molar-refractivity contribution in [2.24, 2.45) is 0 Å². The molecule has 1 aliphatic heterocycles. The van der Waals surface area contributed by atoms with Crippen molar-refractivity contribution < 1.29 is 9.59 Å². The largest absolute Gasteiger partial charge is 0.352 e. The van der Waals surface area contributed by atoms with Crippen molar-refractivity contribution in [1.82, 2.24) is 20.3 Å². The van der Waals surface area contributed by atoms with E-state index in [1.165, 1.54) is 11.3 Å². The zero-order valence-corrected chi connectivity index (χ0v) is 14.5. The van der Waals surface area contributed by atoms with Crippen LogP contribution < -0.4 is 10.6 Å². The van der Waals surface area contributed by atoms with E-state index in [1.807, 2.05) is 23.6 Å². The minimum absolute atomic E-state index is 0.00336. The third-order valence-corrected chi connectivity index (χ3v) is 4.87. The van der Waals surface area contributed by atoms with Crippen molar-refractivity contribution in [3.63, 3.8) is 0 Å². The fourth-order valence-corrected chi connectivity index (χ4v) is 3.52. The van der Waals surface area contributed by atoms with Gasteiger partial charge in [0, 0.05) is 30.0 Å². The highest BCUT2D eigenvalue weighted by Gasteiger charge is 2.17. The zero-order chi connectivity index (χ0) is 17.9. The molecule has 0 atom stereocenters. The maximum absolute atomic E-state index is 12.2. The normalized spacial score (nSPS) is 12.5. The van der Waals surface area contributed by atoms with E-state index in [2.05, 4.69) is 25.6 Å². The fraction of sp³-hybridized carbons (Fsp3) is 0.167. The van der Waals surface area contributed by atoms with Crippen molar-refractivity contribution in [2.75, 3.05) is 5.32 Å². The molecule has 0 unspecified atom stereocenters. The Labute approximate surface area is 153 Å². The van der Waals surface area contributed by atoms with Gasteiger partial charge in [0.05, 0.1) is 24.7 Å². The van der Waals surface area contributed by atoms with Gasteiger partial charge in [0.15, 0.2) is 0 Å². The van der Waals surface area contributed by atoms with Crippen LogP contribution in [0.3, 0.4) is 0 Å². The highest BCUT2D eigenvalue weighted by molar-refractivity contribution is 7.13. The summed E-state index contributed by atoms with van der Waals surface area (Å²) in [6.45, 7) is 0.418. The van der Waals surface area contributed by atoms with Crippen LogP contribution in [0.4, 0.5) is 5.69 Å².